The van der Waals surface area contributed by atoms with Gasteiger partial charge in [-0.05, 0) is 32.4 Å². The Kier molecular flexibility index (Phi) is 8.88. The molecule has 0 saturated heterocycles. The zero-order chi connectivity index (χ0) is 9.23. The number of methoxy groups -OCH3 is 1. The first kappa shape index (κ1) is 11.9. The first-order valence-electron chi connectivity index (χ1n) is 4.69. The van der Waals surface area contributed by atoms with E-state index in [1.54, 1.807) is 7.11 Å². The highest BCUT2D eigenvalue weighted by Crippen LogP contribution is 1.93. The van der Waals surface area contributed by atoms with Gasteiger partial charge in [-0.25, -0.2) is 0 Å². The van der Waals surface area contributed by atoms with Gasteiger partial charge >= 0.3 is 0 Å². The highest BCUT2D eigenvalue weighted by atomic mass is 16.5. The quantitative estimate of drug-likeness (QED) is 0.535. The average Bonchev–Trinajstić information content (AvgIpc) is 2.10. The summed E-state index contributed by atoms with van der Waals surface area (Å²) in [6.45, 7) is 4.68. The molecule has 0 aromatic carbocycles. The number of hydrogen-bond donors (Lipinski definition) is 2. The Morgan fingerprint density at radius 1 is 1.42 bits per heavy atom. The van der Waals surface area contributed by atoms with Crippen LogP contribution >= 0.6 is 0 Å². The summed E-state index contributed by atoms with van der Waals surface area (Å²) < 4.78 is 4.90. The predicted octanol–water partition coefficient (Wildman–Crippen LogP) is 0.774. The molecule has 2 N–H and O–H groups in total. The minimum atomic E-state index is -0.139. The number of nitrogens with one attached hydrogen (secondary N) is 1. The lowest BCUT2D eigenvalue weighted by atomic mass is 10.2. The second kappa shape index (κ2) is 8.97. The summed E-state index contributed by atoms with van der Waals surface area (Å²) in [5.74, 6) is 0. The van der Waals surface area contributed by atoms with Gasteiger partial charge in [0.05, 0.1) is 6.10 Å². The fourth-order valence-electron chi connectivity index (χ4n) is 0.939. The maximum Gasteiger partial charge on any atom is 0.0549 e. The molecule has 1 unspecified atom stereocenters. The average molecular weight is 175 g/mol. The molecule has 0 aromatic heterocycles. The topological polar surface area (TPSA) is 41.5 Å². The smallest absolute Gasteiger partial charge is 0.0549 e. The van der Waals surface area contributed by atoms with Crippen LogP contribution in [0, 0.1) is 0 Å². The fourth-order valence-corrected chi connectivity index (χ4v) is 0.939. The van der Waals surface area contributed by atoms with Crippen molar-refractivity contribution in [1.29, 1.82) is 0 Å². The lowest BCUT2D eigenvalue weighted by Gasteiger charge is -2.08. The molecular weight excluding hydrogens is 154 g/mol. The number of aliphatic hydroxyl groups is 1. The van der Waals surface area contributed by atoms with Crippen molar-refractivity contribution in [3.63, 3.8) is 0 Å². The Bertz CT molecular complexity index is 88.6. The third-order valence-corrected chi connectivity index (χ3v) is 1.83. The molecule has 1 atom stereocenters. The van der Waals surface area contributed by atoms with Crippen LogP contribution in [-0.2, 0) is 4.74 Å². The van der Waals surface area contributed by atoms with Crippen LogP contribution in [0.4, 0.5) is 0 Å². The van der Waals surface area contributed by atoms with Crippen LogP contribution in [0.2, 0.25) is 0 Å². The fraction of sp³-hybridized carbons (Fsp3) is 1.00. The lowest BCUT2D eigenvalue weighted by Crippen LogP contribution is -2.21. The van der Waals surface area contributed by atoms with Crippen molar-refractivity contribution in [2.75, 3.05) is 26.8 Å². The van der Waals surface area contributed by atoms with Crippen LogP contribution in [0.5, 0.6) is 0 Å². The van der Waals surface area contributed by atoms with Crippen LogP contribution in [0.1, 0.15) is 26.2 Å². The molecule has 3 heteroatoms. The van der Waals surface area contributed by atoms with E-state index in [-0.39, 0.29) is 6.10 Å². The molecular formula is C9H21NO2. The van der Waals surface area contributed by atoms with Gasteiger partial charge in [0.2, 0.25) is 0 Å². The maximum atomic E-state index is 9.20. The van der Waals surface area contributed by atoms with Gasteiger partial charge in [0.1, 0.15) is 0 Å². The Morgan fingerprint density at radius 3 is 2.75 bits per heavy atom. The molecule has 0 aromatic rings. The molecule has 12 heavy (non-hydrogen) atoms. The predicted molar refractivity (Wildman–Crippen MR) is 50.3 cm³/mol. The lowest BCUT2D eigenvalue weighted by molar-refractivity contribution is 0.158. The van der Waals surface area contributed by atoms with Crippen molar-refractivity contribution in [2.45, 2.75) is 32.3 Å². The number of hydrogen-bond acceptors (Lipinski definition) is 3. The highest BCUT2D eigenvalue weighted by Gasteiger charge is 1.98. The largest absolute Gasteiger partial charge is 0.393 e. The summed E-state index contributed by atoms with van der Waals surface area (Å²) in [6.07, 6.45) is 2.60. The summed E-state index contributed by atoms with van der Waals surface area (Å²) in [5.41, 5.74) is 0. The van der Waals surface area contributed by atoms with Crippen LogP contribution in [0.15, 0.2) is 0 Å². The van der Waals surface area contributed by atoms with E-state index in [2.05, 4.69) is 5.32 Å². The van der Waals surface area contributed by atoms with Crippen LogP contribution < -0.4 is 5.32 Å². The van der Waals surface area contributed by atoms with Crippen molar-refractivity contribution in [3.8, 4) is 0 Å². The van der Waals surface area contributed by atoms with Gasteiger partial charge in [0.15, 0.2) is 0 Å². The molecule has 0 rings (SSSR count). The molecule has 0 radical (unpaired) electrons. The molecule has 0 spiro atoms. The van der Waals surface area contributed by atoms with Crippen LogP contribution in [0.3, 0.4) is 0 Å². The van der Waals surface area contributed by atoms with Gasteiger partial charge < -0.3 is 15.2 Å². The number of rotatable bonds is 8. The Morgan fingerprint density at radius 2 is 2.17 bits per heavy atom. The van der Waals surface area contributed by atoms with Gasteiger partial charge in [0, 0.05) is 13.7 Å². The van der Waals surface area contributed by atoms with E-state index >= 15 is 0 Å². The zero-order valence-electron chi connectivity index (χ0n) is 8.18. The molecule has 0 aliphatic rings. The summed E-state index contributed by atoms with van der Waals surface area (Å²) in [5, 5.41) is 12.4. The van der Waals surface area contributed by atoms with Gasteiger partial charge in [-0.1, -0.05) is 6.92 Å². The molecule has 0 bridgehead atoms. The van der Waals surface area contributed by atoms with E-state index in [4.69, 9.17) is 4.74 Å². The SMILES string of the molecule is CCC(O)CCNCCCOC. The maximum absolute atomic E-state index is 9.20. The molecule has 0 amide bonds. The summed E-state index contributed by atoms with van der Waals surface area (Å²) in [4.78, 5) is 0. The van der Waals surface area contributed by atoms with E-state index in [9.17, 15) is 5.11 Å². The first-order valence-corrected chi connectivity index (χ1v) is 4.69. The third-order valence-electron chi connectivity index (χ3n) is 1.83. The standard InChI is InChI=1S/C9H21NO2/c1-3-9(11)5-7-10-6-4-8-12-2/h9-11H,3-8H2,1-2H3. The minimum Gasteiger partial charge on any atom is -0.393 e. The second-order valence-electron chi connectivity index (χ2n) is 2.95. The van der Waals surface area contributed by atoms with Crippen molar-refractivity contribution in [1.82, 2.24) is 5.32 Å². The monoisotopic (exact) mass is 175 g/mol. The van der Waals surface area contributed by atoms with Gasteiger partial charge in [-0.15, -0.1) is 0 Å². The first-order chi connectivity index (χ1) is 5.81. The van der Waals surface area contributed by atoms with Gasteiger partial charge in [0.25, 0.3) is 0 Å². The van der Waals surface area contributed by atoms with Crippen molar-refractivity contribution >= 4 is 0 Å². The second-order valence-corrected chi connectivity index (χ2v) is 2.95. The van der Waals surface area contributed by atoms with Gasteiger partial charge in [-0.3, -0.25) is 0 Å². The van der Waals surface area contributed by atoms with Crippen LogP contribution in [-0.4, -0.2) is 38.0 Å². The molecule has 0 saturated carbocycles. The molecule has 3 nitrogen and oxygen atoms in total. The highest BCUT2D eigenvalue weighted by molar-refractivity contribution is 4.55. The Hall–Kier alpha value is -0.120. The van der Waals surface area contributed by atoms with Crippen molar-refractivity contribution in [2.24, 2.45) is 0 Å². The van der Waals surface area contributed by atoms with Crippen molar-refractivity contribution in [3.05, 3.63) is 0 Å². The Labute approximate surface area is 75.1 Å². The minimum absolute atomic E-state index is 0.139. The van der Waals surface area contributed by atoms with E-state index in [0.29, 0.717) is 0 Å². The zero-order valence-corrected chi connectivity index (χ0v) is 8.18. The molecule has 74 valence electrons. The Balaban J connectivity index is 2.90. The van der Waals surface area contributed by atoms with Gasteiger partial charge in [-0.2, -0.15) is 0 Å². The number of ether oxygens (including phenoxy) is 1. The van der Waals surface area contributed by atoms with Crippen molar-refractivity contribution < 1.29 is 9.84 Å². The molecule has 0 aliphatic heterocycles. The number of aliphatic hydroxyl groups excluding tert-OH is 1. The summed E-state index contributed by atoms with van der Waals surface area (Å²) in [7, 11) is 1.71. The van der Waals surface area contributed by atoms with E-state index in [0.717, 1.165) is 39.0 Å². The third kappa shape index (κ3) is 7.98. The van der Waals surface area contributed by atoms with E-state index in [1.165, 1.54) is 0 Å². The molecule has 0 fully saturated rings. The molecule has 0 heterocycles. The summed E-state index contributed by atoms with van der Waals surface area (Å²) in [6, 6.07) is 0. The van der Waals surface area contributed by atoms with E-state index < -0.39 is 0 Å². The summed E-state index contributed by atoms with van der Waals surface area (Å²) >= 11 is 0. The molecule has 0 aliphatic carbocycles. The van der Waals surface area contributed by atoms with E-state index in [1.807, 2.05) is 6.92 Å². The van der Waals surface area contributed by atoms with Crippen LogP contribution in [0.25, 0.3) is 0 Å². The normalized spacial score (nSPS) is 13.2.